The summed E-state index contributed by atoms with van der Waals surface area (Å²) in [5.74, 6) is 0.545. The van der Waals surface area contributed by atoms with Gasteiger partial charge in [0.05, 0.1) is 18.8 Å². The summed E-state index contributed by atoms with van der Waals surface area (Å²) in [7, 11) is 0. The van der Waals surface area contributed by atoms with Gasteiger partial charge in [-0.25, -0.2) is 9.50 Å². The Bertz CT molecular complexity index is 913. The van der Waals surface area contributed by atoms with Gasteiger partial charge < -0.3 is 4.90 Å². The van der Waals surface area contributed by atoms with E-state index in [4.69, 9.17) is 0 Å². The van der Waals surface area contributed by atoms with Crippen molar-refractivity contribution >= 4 is 11.7 Å². The number of rotatable bonds is 3. The molecule has 3 aromatic heterocycles. The summed E-state index contributed by atoms with van der Waals surface area (Å²) >= 11 is 0. The summed E-state index contributed by atoms with van der Waals surface area (Å²) in [6, 6.07) is 1.96. The smallest absolute Gasteiger partial charge is 0.293 e. The lowest BCUT2D eigenvalue weighted by Crippen LogP contribution is -2.46. The molecule has 1 aliphatic rings. The third kappa shape index (κ3) is 2.99. The molecule has 25 heavy (non-hydrogen) atoms. The van der Waals surface area contributed by atoms with Gasteiger partial charge in [-0.1, -0.05) is 0 Å². The molecule has 1 atom stereocenters. The molecule has 4 heterocycles. The number of carbonyl (C=O) groups excluding carboxylic acids is 1. The van der Waals surface area contributed by atoms with Gasteiger partial charge in [-0.2, -0.15) is 10.1 Å². The van der Waals surface area contributed by atoms with Crippen LogP contribution in [0, 0.1) is 13.8 Å². The molecule has 3 aromatic rings. The number of likely N-dealkylation sites (tertiary alicyclic amines) is 1. The second-order valence-corrected chi connectivity index (χ2v) is 6.62. The highest BCUT2D eigenvalue weighted by Crippen LogP contribution is 2.20. The van der Waals surface area contributed by atoms with Crippen molar-refractivity contribution in [1.29, 1.82) is 0 Å². The van der Waals surface area contributed by atoms with Gasteiger partial charge in [0, 0.05) is 24.6 Å². The molecule has 1 saturated heterocycles. The van der Waals surface area contributed by atoms with Crippen LogP contribution >= 0.6 is 0 Å². The van der Waals surface area contributed by atoms with E-state index in [-0.39, 0.29) is 17.8 Å². The molecule has 4 rings (SSSR count). The van der Waals surface area contributed by atoms with Crippen molar-refractivity contribution in [2.45, 2.75) is 45.7 Å². The molecule has 8 nitrogen and oxygen atoms in total. The SMILES string of the molecule is Cc1cnn(C[C@H]2CCCCN2C(=O)c2nc3nccc(C)n3n2)c1. The number of fused-ring (bicyclic) bond motifs is 1. The molecule has 1 fully saturated rings. The summed E-state index contributed by atoms with van der Waals surface area (Å²) in [5, 5.41) is 8.72. The number of amides is 1. The zero-order valence-electron chi connectivity index (χ0n) is 14.5. The van der Waals surface area contributed by atoms with E-state index >= 15 is 0 Å². The van der Waals surface area contributed by atoms with Gasteiger partial charge in [0.2, 0.25) is 5.82 Å². The van der Waals surface area contributed by atoms with Gasteiger partial charge >= 0.3 is 0 Å². The van der Waals surface area contributed by atoms with E-state index in [2.05, 4.69) is 20.2 Å². The number of aryl methyl sites for hydroxylation is 2. The fourth-order valence-electron chi connectivity index (χ4n) is 3.37. The predicted octanol–water partition coefficient (Wildman–Crippen LogP) is 1.63. The largest absolute Gasteiger partial charge is 0.331 e. The average molecular weight is 339 g/mol. The third-order valence-corrected chi connectivity index (χ3v) is 4.67. The average Bonchev–Trinajstić information content (AvgIpc) is 3.22. The normalized spacial score (nSPS) is 18.0. The number of hydrogen-bond donors (Lipinski definition) is 0. The zero-order chi connectivity index (χ0) is 17.4. The standard InChI is InChI=1S/C17H21N7O/c1-12-9-19-22(10-12)11-14-5-3-4-8-23(14)16(25)15-20-17-18-7-6-13(2)24(17)21-15/h6-7,9-10,14H,3-5,8,11H2,1-2H3/t14-/m1/s1. The Morgan fingerprint density at radius 1 is 1.32 bits per heavy atom. The minimum absolute atomic E-state index is 0.112. The topological polar surface area (TPSA) is 81.2 Å². The van der Waals surface area contributed by atoms with Crippen molar-refractivity contribution in [2.24, 2.45) is 0 Å². The second-order valence-electron chi connectivity index (χ2n) is 6.62. The molecule has 1 amide bonds. The van der Waals surface area contributed by atoms with Crippen LogP contribution in [-0.4, -0.2) is 52.8 Å². The van der Waals surface area contributed by atoms with Crippen molar-refractivity contribution in [3.63, 3.8) is 0 Å². The van der Waals surface area contributed by atoms with Crippen molar-refractivity contribution in [3.8, 4) is 0 Å². The minimum atomic E-state index is -0.126. The maximum atomic E-state index is 13.0. The molecule has 0 aromatic carbocycles. The number of carbonyl (C=O) groups is 1. The van der Waals surface area contributed by atoms with Crippen molar-refractivity contribution < 1.29 is 4.79 Å². The summed E-state index contributed by atoms with van der Waals surface area (Å²) in [6.45, 7) is 5.36. The van der Waals surface area contributed by atoms with E-state index < -0.39 is 0 Å². The lowest BCUT2D eigenvalue weighted by molar-refractivity contribution is 0.0571. The molecule has 8 heteroatoms. The molecule has 0 radical (unpaired) electrons. The zero-order valence-corrected chi connectivity index (χ0v) is 14.5. The summed E-state index contributed by atoms with van der Waals surface area (Å²) in [6.07, 6.45) is 8.62. The third-order valence-electron chi connectivity index (χ3n) is 4.67. The van der Waals surface area contributed by atoms with Crippen LogP contribution in [0.1, 0.15) is 41.1 Å². The van der Waals surface area contributed by atoms with Crippen LogP contribution in [0.3, 0.4) is 0 Å². The molecular weight excluding hydrogens is 318 g/mol. The van der Waals surface area contributed by atoms with Crippen LogP contribution in [-0.2, 0) is 6.54 Å². The van der Waals surface area contributed by atoms with Crippen molar-refractivity contribution in [2.75, 3.05) is 6.54 Å². The van der Waals surface area contributed by atoms with Gasteiger partial charge in [-0.05, 0) is 44.7 Å². The maximum absolute atomic E-state index is 13.0. The van der Waals surface area contributed by atoms with E-state index in [1.165, 1.54) is 0 Å². The second kappa shape index (κ2) is 6.27. The van der Waals surface area contributed by atoms with Gasteiger partial charge in [0.1, 0.15) is 0 Å². The Hall–Kier alpha value is -2.77. The fraction of sp³-hybridized carbons (Fsp3) is 0.471. The summed E-state index contributed by atoms with van der Waals surface area (Å²) < 4.78 is 3.53. The number of nitrogens with zero attached hydrogens (tertiary/aromatic N) is 7. The molecule has 0 bridgehead atoms. The van der Waals surface area contributed by atoms with E-state index in [0.29, 0.717) is 12.3 Å². The highest BCUT2D eigenvalue weighted by atomic mass is 16.2. The van der Waals surface area contributed by atoms with Gasteiger partial charge in [-0.15, -0.1) is 5.10 Å². The molecular formula is C17H21N7O. The van der Waals surface area contributed by atoms with Crippen LogP contribution < -0.4 is 0 Å². The van der Waals surface area contributed by atoms with E-state index in [1.807, 2.05) is 41.9 Å². The highest BCUT2D eigenvalue weighted by molar-refractivity contribution is 5.91. The van der Waals surface area contributed by atoms with Gasteiger partial charge in [0.15, 0.2) is 0 Å². The van der Waals surface area contributed by atoms with Crippen LogP contribution in [0.15, 0.2) is 24.7 Å². The maximum Gasteiger partial charge on any atom is 0.293 e. The van der Waals surface area contributed by atoms with Crippen molar-refractivity contribution in [1.82, 2.24) is 34.3 Å². The molecule has 130 valence electrons. The molecule has 0 spiro atoms. The molecule has 0 unspecified atom stereocenters. The molecule has 0 N–H and O–H groups in total. The number of piperidine rings is 1. The van der Waals surface area contributed by atoms with Crippen molar-refractivity contribution in [3.05, 3.63) is 41.7 Å². The van der Waals surface area contributed by atoms with Crippen LogP contribution in [0.4, 0.5) is 0 Å². The Morgan fingerprint density at radius 3 is 2.96 bits per heavy atom. The Kier molecular flexibility index (Phi) is 3.95. The van der Waals surface area contributed by atoms with E-state index in [0.717, 1.165) is 37.1 Å². The number of hydrogen-bond acceptors (Lipinski definition) is 5. The highest BCUT2D eigenvalue weighted by Gasteiger charge is 2.30. The summed E-state index contributed by atoms with van der Waals surface area (Å²) in [4.78, 5) is 23.4. The molecule has 0 aliphatic carbocycles. The first kappa shape index (κ1) is 15.7. The fourth-order valence-corrected chi connectivity index (χ4v) is 3.37. The Labute approximate surface area is 145 Å². The predicted molar refractivity (Wildman–Crippen MR) is 91.2 cm³/mol. The van der Waals surface area contributed by atoms with E-state index in [9.17, 15) is 4.79 Å². The first-order valence-electron chi connectivity index (χ1n) is 8.60. The Morgan fingerprint density at radius 2 is 2.20 bits per heavy atom. The lowest BCUT2D eigenvalue weighted by atomic mass is 10.0. The molecule has 0 saturated carbocycles. The van der Waals surface area contributed by atoms with Crippen LogP contribution in [0.2, 0.25) is 0 Å². The molecule has 1 aliphatic heterocycles. The quantitative estimate of drug-likeness (QED) is 0.724. The van der Waals surface area contributed by atoms with Gasteiger partial charge in [0.25, 0.3) is 11.7 Å². The first-order chi connectivity index (χ1) is 12.1. The summed E-state index contributed by atoms with van der Waals surface area (Å²) in [5.41, 5.74) is 2.02. The Balaban J connectivity index is 1.60. The van der Waals surface area contributed by atoms with Gasteiger partial charge in [-0.3, -0.25) is 9.48 Å². The van der Waals surface area contributed by atoms with E-state index in [1.54, 1.807) is 10.7 Å². The first-order valence-corrected chi connectivity index (χ1v) is 8.60. The van der Waals surface area contributed by atoms with Crippen LogP contribution in [0.5, 0.6) is 0 Å². The van der Waals surface area contributed by atoms with Crippen LogP contribution in [0.25, 0.3) is 5.78 Å². The number of aromatic nitrogens is 6. The monoisotopic (exact) mass is 339 g/mol. The minimum Gasteiger partial charge on any atom is -0.331 e. The lowest BCUT2D eigenvalue weighted by Gasteiger charge is -2.35.